The van der Waals surface area contributed by atoms with E-state index in [0.717, 1.165) is 6.07 Å². The first-order chi connectivity index (χ1) is 13.9. The highest BCUT2D eigenvalue weighted by atomic mass is 16.6. The number of amides is 3. The topological polar surface area (TPSA) is 163 Å². The molecule has 11 heteroatoms. The summed E-state index contributed by atoms with van der Waals surface area (Å²) in [5, 5.41) is 21.7. The molecule has 0 atom stereocenters. The predicted molar refractivity (Wildman–Crippen MR) is 98.4 cm³/mol. The SMILES string of the molecule is N#Cc1ccc(OCC(=O)NNC(=O)CNC(=O)c2cccc([N+](=O)[O-])c2)cc1. The van der Waals surface area contributed by atoms with Gasteiger partial charge in [0.1, 0.15) is 5.75 Å². The van der Waals surface area contributed by atoms with Crippen LogP contribution < -0.4 is 20.9 Å². The fraction of sp³-hybridized carbons (Fsp3) is 0.111. The van der Waals surface area contributed by atoms with E-state index in [1.807, 2.05) is 6.07 Å². The van der Waals surface area contributed by atoms with E-state index in [-0.39, 0.29) is 17.9 Å². The lowest BCUT2D eigenvalue weighted by Gasteiger charge is -2.09. The number of nitriles is 1. The molecule has 0 aliphatic rings. The average Bonchev–Trinajstić information content (AvgIpc) is 2.74. The highest BCUT2D eigenvalue weighted by molar-refractivity contribution is 5.97. The Labute approximate surface area is 164 Å². The summed E-state index contributed by atoms with van der Waals surface area (Å²) in [4.78, 5) is 45.3. The molecule has 29 heavy (non-hydrogen) atoms. The summed E-state index contributed by atoms with van der Waals surface area (Å²) in [5.74, 6) is -1.67. The highest BCUT2D eigenvalue weighted by Gasteiger charge is 2.13. The molecule has 0 saturated heterocycles. The number of rotatable bonds is 7. The van der Waals surface area contributed by atoms with Crippen molar-refractivity contribution in [3.63, 3.8) is 0 Å². The van der Waals surface area contributed by atoms with Crippen molar-refractivity contribution in [2.24, 2.45) is 0 Å². The fourth-order valence-electron chi connectivity index (χ4n) is 2.02. The highest BCUT2D eigenvalue weighted by Crippen LogP contribution is 2.13. The maximum Gasteiger partial charge on any atom is 0.276 e. The van der Waals surface area contributed by atoms with Gasteiger partial charge in [0.05, 0.1) is 23.1 Å². The number of non-ortho nitro benzene ring substituents is 1. The van der Waals surface area contributed by atoms with Gasteiger partial charge in [-0.3, -0.25) is 35.3 Å². The molecule has 0 aliphatic heterocycles. The Hall–Kier alpha value is -4.46. The molecule has 3 N–H and O–H groups in total. The van der Waals surface area contributed by atoms with Crippen LogP contribution >= 0.6 is 0 Å². The Morgan fingerprint density at radius 2 is 1.76 bits per heavy atom. The van der Waals surface area contributed by atoms with Crippen LogP contribution in [-0.4, -0.2) is 35.8 Å². The Bertz CT molecular complexity index is 967. The zero-order valence-corrected chi connectivity index (χ0v) is 14.9. The van der Waals surface area contributed by atoms with Gasteiger partial charge in [0, 0.05) is 17.7 Å². The van der Waals surface area contributed by atoms with Gasteiger partial charge in [0.2, 0.25) is 0 Å². The van der Waals surface area contributed by atoms with Gasteiger partial charge in [0.15, 0.2) is 6.61 Å². The number of benzene rings is 2. The number of hydrazine groups is 1. The van der Waals surface area contributed by atoms with Gasteiger partial charge in [-0.25, -0.2) is 0 Å². The second kappa shape index (κ2) is 10.0. The van der Waals surface area contributed by atoms with E-state index in [2.05, 4.69) is 16.2 Å². The molecule has 2 aromatic rings. The largest absolute Gasteiger partial charge is 0.484 e. The molecule has 0 aromatic heterocycles. The van der Waals surface area contributed by atoms with Gasteiger partial charge in [-0.15, -0.1) is 0 Å². The third-order valence-electron chi connectivity index (χ3n) is 3.42. The standard InChI is InChI=1S/C18H15N5O6/c19-9-12-4-6-15(7-5-12)29-11-17(25)22-21-16(24)10-20-18(26)13-2-1-3-14(8-13)23(27)28/h1-8H,10-11H2,(H,20,26)(H,21,24)(H,22,25). The Balaban J connectivity index is 1.71. The van der Waals surface area contributed by atoms with Crippen LogP contribution in [0.15, 0.2) is 48.5 Å². The van der Waals surface area contributed by atoms with Crippen LogP contribution in [0.3, 0.4) is 0 Å². The number of nitrogens with zero attached hydrogens (tertiary/aromatic N) is 2. The molecule has 11 nitrogen and oxygen atoms in total. The minimum atomic E-state index is -0.712. The maximum absolute atomic E-state index is 11.9. The van der Waals surface area contributed by atoms with Crippen LogP contribution in [0.4, 0.5) is 5.69 Å². The smallest absolute Gasteiger partial charge is 0.276 e. The summed E-state index contributed by atoms with van der Waals surface area (Å²) in [7, 11) is 0. The van der Waals surface area contributed by atoms with E-state index in [0.29, 0.717) is 11.3 Å². The van der Waals surface area contributed by atoms with Gasteiger partial charge in [-0.2, -0.15) is 5.26 Å². The summed E-state index contributed by atoms with van der Waals surface area (Å²) in [6.07, 6.45) is 0. The van der Waals surface area contributed by atoms with Gasteiger partial charge in [-0.05, 0) is 30.3 Å². The van der Waals surface area contributed by atoms with E-state index >= 15 is 0 Å². The molecule has 148 valence electrons. The molecule has 0 unspecified atom stereocenters. The minimum Gasteiger partial charge on any atom is -0.484 e. The van der Waals surface area contributed by atoms with Crippen molar-refractivity contribution in [1.29, 1.82) is 5.26 Å². The molecule has 0 heterocycles. The van der Waals surface area contributed by atoms with Crippen LogP contribution in [0.2, 0.25) is 0 Å². The van der Waals surface area contributed by atoms with Crippen LogP contribution in [0.5, 0.6) is 5.75 Å². The second-order valence-corrected chi connectivity index (χ2v) is 5.51. The average molecular weight is 397 g/mol. The third-order valence-corrected chi connectivity index (χ3v) is 3.42. The van der Waals surface area contributed by atoms with Crippen LogP contribution in [0.1, 0.15) is 15.9 Å². The zero-order chi connectivity index (χ0) is 21.2. The molecule has 3 amide bonds. The fourth-order valence-corrected chi connectivity index (χ4v) is 2.02. The number of nitro benzene ring substituents is 1. The number of hydrogen-bond donors (Lipinski definition) is 3. The summed E-state index contributed by atoms with van der Waals surface area (Å²) >= 11 is 0. The molecule has 0 saturated carbocycles. The van der Waals surface area contributed by atoms with Gasteiger partial charge < -0.3 is 10.1 Å². The van der Waals surface area contributed by atoms with Gasteiger partial charge in [0.25, 0.3) is 23.4 Å². The van der Waals surface area contributed by atoms with E-state index in [1.165, 1.54) is 42.5 Å². The van der Waals surface area contributed by atoms with Crippen molar-refractivity contribution in [1.82, 2.24) is 16.2 Å². The predicted octanol–water partition coefficient (Wildman–Crippen LogP) is 0.423. The number of ether oxygens (including phenoxy) is 1. The molecular weight excluding hydrogens is 382 g/mol. The third kappa shape index (κ3) is 6.65. The first kappa shape index (κ1) is 20.8. The van der Waals surface area contributed by atoms with Crippen LogP contribution in [0, 0.1) is 21.4 Å². The Morgan fingerprint density at radius 3 is 2.41 bits per heavy atom. The molecule has 0 fully saturated rings. The van der Waals surface area contributed by atoms with E-state index in [1.54, 1.807) is 0 Å². The summed E-state index contributed by atoms with van der Waals surface area (Å²) in [5.41, 5.74) is 4.41. The van der Waals surface area contributed by atoms with Crippen molar-refractivity contribution in [2.45, 2.75) is 0 Å². The van der Waals surface area contributed by atoms with Crippen LogP contribution in [-0.2, 0) is 9.59 Å². The van der Waals surface area contributed by atoms with Gasteiger partial charge >= 0.3 is 0 Å². The first-order valence-electron chi connectivity index (χ1n) is 8.12. The summed E-state index contributed by atoms with van der Waals surface area (Å²) in [6.45, 7) is -0.843. The van der Waals surface area contributed by atoms with Crippen molar-refractivity contribution in [3.8, 4) is 11.8 Å². The number of carbonyl (C=O) groups is 3. The van der Waals surface area contributed by atoms with E-state index in [9.17, 15) is 24.5 Å². The zero-order valence-electron chi connectivity index (χ0n) is 14.9. The lowest BCUT2D eigenvalue weighted by molar-refractivity contribution is -0.384. The van der Waals surface area contributed by atoms with Crippen LogP contribution in [0.25, 0.3) is 0 Å². The van der Waals surface area contributed by atoms with Crippen molar-refractivity contribution in [3.05, 3.63) is 69.8 Å². The van der Waals surface area contributed by atoms with E-state index < -0.39 is 29.2 Å². The molecule has 0 spiro atoms. The lowest BCUT2D eigenvalue weighted by atomic mass is 10.2. The molecule has 0 bridgehead atoms. The van der Waals surface area contributed by atoms with Crippen molar-refractivity contribution < 1.29 is 24.0 Å². The summed E-state index contributed by atoms with van der Waals surface area (Å²) < 4.78 is 5.19. The lowest BCUT2D eigenvalue weighted by Crippen LogP contribution is -2.47. The number of nitrogens with one attached hydrogen (secondary N) is 3. The minimum absolute atomic E-state index is 0.0202. The van der Waals surface area contributed by atoms with Crippen molar-refractivity contribution in [2.75, 3.05) is 13.2 Å². The number of nitro groups is 1. The number of hydrogen-bond acceptors (Lipinski definition) is 7. The monoisotopic (exact) mass is 397 g/mol. The first-order valence-corrected chi connectivity index (χ1v) is 8.12. The molecule has 2 rings (SSSR count). The normalized spacial score (nSPS) is 9.62. The summed E-state index contributed by atoms with van der Waals surface area (Å²) in [6, 6.07) is 13.1. The Morgan fingerprint density at radius 1 is 1.07 bits per heavy atom. The molecule has 2 aromatic carbocycles. The second-order valence-electron chi connectivity index (χ2n) is 5.51. The maximum atomic E-state index is 11.9. The van der Waals surface area contributed by atoms with E-state index in [4.69, 9.17) is 10.00 Å². The van der Waals surface area contributed by atoms with Gasteiger partial charge in [-0.1, -0.05) is 6.07 Å². The Kier molecular flexibility index (Phi) is 7.21. The molecular formula is C18H15N5O6. The molecule has 0 aliphatic carbocycles. The quantitative estimate of drug-likeness (QED) is 0.450. The molecule has 0 radical (unpaired) electrons. The van der Waals surface area contributed by atoms with Crippen molar-refractivity contribution >= 4 is 23.4 Å². The number of carbonyl (C=O) groups excluding carboxylic acids is 3.